The molecule has 0 atom stereocenters. The molecule has 1 rings (SSSR count). The molecule has 0 heterocycles. The lowest BCUT2D eigenvalue weighted by molar-refractivity contribution is -0.126. The Labute approximate surface area is 99.4 Å². The van der Waals surface area contributed by atoms with Crippen molar-refractivity contribution in [3.05, 3.63) is 0 Å². The van der Waals surface area contributed by atoms with Crippen molar-refractivity contribution in [1.29, 1.82) is 0 Å². The van der Waals surface area contributed by atoms with E-state index in [0.29, 0.717) is 0 Å². The molecule has 0 saturated heterocycles. The summed E-state index contributed by atoms with van der Waals surface area (Å²) in [6, 6.07) is 0. The van der Waals surface area contributed by atoms with Crippen LogP contribution in [0.4, 0.5) is 0 Å². The second kappa shape index (κ2) is 7.66. The van der Waals surface area contributed by atoms with Crippen LogP contribution in [0.5, 0.6) is 0 Å². The van der Waals surface area contributed by atoms with E-state index >= 15 is 0 Å². The topological polar surface area (TPSA) is 41.1 Å². The summed E-state index contributed by atoms with van der Waals surface area (Å²) in [7, 11) is 2.00. The average Bonchev–Trinajstić information content (AvgIpc) is 2.30. The van der Waals surface area contributed by atoms with E-state index in [9.17, 15) is 4.79 Å². The monoisotopic (exact) mass is 226 g/mol. The highest BCUT2D eigenvalue weighted by molar-refractivity contribution is 5.78. The lowest BCUT2D eigenvalue weighted by Crippen LogP contribution is -2.35. The van der Waals surface area contributed by atoms with Gasteiger partial charge in [-0.3, -0.25) is 4.79 Å². The molecule has 0 unspecified atom stereocenters. The van der Waals surface area contributed by atoms with Crippen LogP contribution in [0.2, 0.25) is 0 Å². The van der Waals surface area contributed by atoms with Crippen molar-refractivity contribution < 1.29 is 4.79 Å². The summed E-state index contributed by atoms with van der Waals surface area (Å²) in [5.41, 5.74) is 0. The fourth-order valence-corrected chi connectivity index (χ4v) is 2.45. The van der Waals surface area contributed by atoms with Crippen molar-refractivity contribution in [2.75, 3.05) is 20.1 Å². The van der Waals surface area contributed by atoms with Gasteiger partial charge in [0.2, 0.25) is 5.91 Å². The van der Waals surface area contributed by atoms with E-state index in [0.717, 1.165) is 44.7 Å². The molecule has 3 nitrogen and oxygen atoms in total. The van der Waals surface area contributed by atoms with Gasteiger partial charge in [-0.1, -0.05) is 13.3 Å². The number of hydrogen-bond donors (Lipinski definition) is 2. The Morgan fingerprint density at radius 2 is 1.94 bits per heavy atom. The predicted molar refractivity (Wildman–Crippen MR) is 67.3 cm³/mol. The maximum Gasteiger partial charge on any atom is 0.223 e. The van der Waals surface area contributed by atoms with Gasteiger partial charge >= 0.3 is 0 Å². The highest BCUT2D eigenvalue weighted by Crippen LogP contribution is 2.28. The van der Waals surface area contributed by atoms with Crippen LogP contribution in [0.15, 0.2) is 0 Å². The fraction of sp³-hybridized carbons (Fsp3) is 0.923. The highest BCUT2D eigenvalue weighted by atomic mass is 16.1. The van der Waals surface area contributed by atoms with Crippen LogP contribution in [0.1, 0.15) is 45.4 Å². The molecule has 0 aliphatic heterocycles. The molecule has 0 radical (unpaired) electrons. The van der Waals surface area contributed by atoms with Crippen molar-refractivity contribution in [2.45, 2.75) is 45.4 Å². The molecule has 16 heavy (non-hydrogen) atoms. The van der Waals surface area contributed by atoms with Crippen LogP contribution in [-0.4, -0.2) is 26.0 Å². The number of rotatable bonds is 6. The first-order chi connectivity index (χ1) is 7.77. The van der Waals surface area contributed by atoms with E-state index in [1.165, 1.54) is 12.8 Å². The Morgan fingerprint density at radius 3 is 2.50 bits per heavy atom. The summed E-state index contributed by atoms with van der Waals surface area (Å²) >= 11 is 0. The summed E-state index contributed by atoms with van der Waals surface area (Å²) < 4.78 is 0. The third-order valence-corrected chi connectivity index (χ3v) is 3.54. The average molecular weight is 226 g/mol. The molecular weight excluding hydrogens is 200 g/mol. The molecule has 0 bridgehead atoms. The molecule has 2 N–H and O–H groups in total. The van der Waals surface area contributed by atoms with Crippen LogP contribution in [0.3, 0.4) is 0 Å². The molecule has 0 aromatic heterocycles. The minimum absolute atomic E-state index is 0.282. The number of amides is 1. The van der Waals surface area contributed by atoms with Gasteiger partial charge < -0.3 is 10.6 Å². The molecule has 3 heteroatoms. The smallest absolute Gasteiger partial charge is 0.223 e. The van der Waals surface area contributed by atoms with Gasteiger partial charge in [0.15, 0.2) is 0 Å². The summed E-state index contributed by atoms with van der Waals surface area (Å²) in [6.45, 7) is 4.10. The highest BCUT2D eigenvalue weighted by Gasteiger charge is 2.25. The van der Waals surface area contributed by atoms with Gasteiger partial charge in [-0.25, -0.2) is 0 Å². The summed E-state index contributed by atoms with van der Waals surface area (Å²) in [4.78, 5) is 11.8. The second-order valence-electron chi connectivity index (χ2n) is 4.92. The molecule has 1 aliphatic rings. The van der Waals surface area contributed by atoms with Crippen molar-refractivity contribution in [1.82, 2.24) is 10.6 Å². The van der Waals surface area contributed by atoms with E-state index < -0.39 is 0 Å². The van der Waals surface area contributed by atoms with Crippen molar-refractivity contribution in [2.24, 2.45) is 11.8 Å². The largest absolute Gasteiger partial charge is 0.356 e. The zero-order valence-corrected chi connectivity index (χ0v) is 10.7. The van der Waals surface area contributed by atoms with E-state index in [4.69, 9.17) is 0 Å². The molecule has 0 aromatic rings. The first-order valence-electron chi connectivity index (χ1n) is 6.70. The van der Waals surface area contributed by atoms with E-state index in [1.807, 2.05) is 7.05 Å². The Hall–Kier alpha value is -0.570. The Bertz CT molecular complexity index is 198. The Kier molecular flexibility index (Phi) is 6.46. The molecule has 94 valence electrons. The lowest BCUT2D eigenvalue weighted by atomic mass is 9.81. The molecule has 0 spiro atoms. The van der Waals surface area contributed by atoms with Crippen LogP contribution in [-0.2, 0) is 4.79 Å². The van der Waals surface area contributed by atoms with Gasteiger partial charge in [0.05, 0.1) is 0 Å². The summed E-state index contributed by atoms with van der Waals surface area (Å²) in [5, 5.41) is 6.27. The zero-order chi connectivity index (χ0) is 11.8. The third-order valence-electron chi connectivity index (χ3n) is 3.54. The minimum Gasteiger partial charge on any atom is -0.356 e. The molecule has 1 saturated carbocycles. The number of unbranched alkanes of at least 4 members (excludes halogenated alkanes) is 1. The lowest BCUT2D eigenvalue weighted by Gasteiger charge is -2.27. The maximum atomic E-state index is 11.8. The number of nitrogens with one attached hydrogen (secondary N) is 2. The molecule has 1 amide bonds. The fourth-order valence-electron chi connectivity index (χ4n) is 2.45. The SMILES string of the molecule is CCCCNC(=O)C1CCC(CNC)CC1. The van der Waals surface area contributed by atoms with Crippen LogP contribution >= 0.6 is 0 Å². The zero-order valence-electron chi connectivity index (χ0n) is 10.7. The van der Waals surface area contributed by atoms with E-state index in [2.05, 4.69) is 17.6 Å². The first kappa shape index (κ1) is 13.5. The van der Waals surface area contributed by atoms with Crippen LogP contribution < -0.4 is 10.6 Å². The van der Waals surface area contributed by atoms with E-state index in [1.54, 1.807) is 0 Å². The van der Waals surface area contributed by atoms with Crippen LogP contribution in [0, 0.1) is 11.8 Å². The van der Waals surface area contributed by atoms with E-state index in [-0.39, 0.29) is 11.8 Å². The third kappa shape index (κ3) is 4.52. The van der Waals surface area contributed by atoms with Gasteiger partial charge in [0.25, 0.3) is 0 Å². The Morgan fingerprint density at radius 1 is 1.25 bits per heavy atom. The first-order valence-corrected chi connectivity index (χ1v) is 6.70. The standard InChI is InChI=1S/C13H26N2O/c1-3-4-9-15-13(16)12-7-5-11(6-8-12)10-14-2/h11-12,14H,3-10H2,1-2H3,(H,15,16). The molecular formula is C13H26N2O. The predicted octanol–water partition coefficient (Wildman–Crippen LogP) is 1.93. The van der Waals surface area contributed by atoms with Gasteiger partial charge in [0, 0.05) is 12.5 Å². The molecule has 1 fully saturated rings. The van der Waals surface area contributed by atoms with Gasteiger partial charge in [-0.15, -0.1) is 0 Å². The van der Waals surface area contributed by atoms with Crippen molar-refractivity contribution >= 4 is 5.91 Å². The van der Waals surface area contributed by atoms with Gasteiger partial charge in [-0.05, 0) is 51.6 Å². The quantitative estimate of drug-likeness (QED) is 0.679. The Balaban J connectivity index is 2.17. The second-order valence-corrected chi connectivity index (χ2v) is 4.92. The number of hydrogen-bond acceptors (Lipinski definition) is 2. The summed E-state index contributed by atoms with van der Waals surface area (Å²) in [5.74, 6) is 1.35. The molecule has 0 aromatic carbocycles. The maximum absolute atomic E-state index is 11.8. The number of carbonyl (C=O) groups excluding carboxylic acids is 1. The van der Waals surface area contributed by atoms with Crippen LogP contribution in [0.25, 0.3) is 0 Å². The minimum atomic E-state index is 0.282. The van der Waals surface area contributed by atoms with Crippen molar-refractivity contribution in [3.63, 3.8) is 0 Å². The summed E-state index contributed by atoms with van der Waals surface area (Å²) in [6.07, 6.45) is 6.80. The van der Waals surface area contributed by atoms with Gasteiger partial charge in [0.1, 0.15) is 0 Å². The van der Waals surface area contributed by atoms with Crippen molar-refractivity contribution in [3.8, 4) is 0 Å². The normalized spacial score (nSPS) is 25.4. The van der Waals surface area contributed by atoms with Gasteiger partial charge in [-0.2, -0.15) is 0 Å². The number of carbonyl (C=O) groups is 1. The molecule has 1 aliphatic carbocycles.